The van der Waals surface area contributed by atoms with Crippen LogP contribution in [0.3, 0.4) is 0 Å². The van der Waals surface area contributed by atoms with Gasteiger partial charge in [-0.05, 0) is 23.7 Å². The van der Waals surface area contributed by atoms with Crippen molar-refractivity contribution in [2.45, 2.75) is 47.6 Å². The molecule has 1 unspecified atom stereocenters. The van der Waals surface area contributed by atoms with Crippen molar-refractivity contribution < 1.29 is 4.79 Å². The molecule has 100 valence electrons. The zero-order valence-electron chi connectivity index (χ0n) is 12.2. The number of hydrogen-bond acceptors (Lipinski definition) is 2. The normalized spacial score (nSPS) is 21.6. The molecule has 0 spiro atoms. The van der Waals surface area contributed by atoms with Crippen LogP contribution in [0.4, 0.5) is 0 Å². The van der Waals surface area contributed by atoms with Gasteiger partial charge in [0.15, 0.2) is 0 Å². The number of hydrogen-bond donors (Lipinski definition) is 1. The Kier molecular flexibility index (Phi) is 4.99. The summed E-state index contributed by atoms with van der Waals surface area (Å²) in [6, 6.07) is 0.0231. The Morgan fingerprint density at radius 3 is 2.06 bits per heavy atom. The largest absolute Gasteiger partial charge is 0.328 e. The lowest BCUT2D eigenvalue weighted by Crippen LogP contribution is -2.38. The Labute approximate surface area is 106 Å². The van der Waals surface area contributed by atoms with E-state index >= 15 is 0 Å². The first-order chi connectivity index (χ1) is 7.84. The third-order valence-electron chi connectivity index (χ3n) is 3.89. The molecule has 1 aliphatic heterocycles. The minimum atomic E-state index is 0.0231. The summed E-state index contributed by atoms with van der Waals surface area (Å²) < 4.78 is 0. The highest BCUT2D eigenvalue weighted by molar-refractivity contribution is 5.84. The van der Waals surface area contributed by atoms with E-state index in [9.17, 15) is 4.79 Å². The summed E-state index contributed by atoms with van der Waals surface area (Å²) in [6.07, 6.45) is 0. The molecule has 0 aliphatic carbocycles. The molecule has 1 atom stereocenters. The summed E-state index contributed by atoms with van der Waals surface area (Å²) in [5, 5.41) is 3.32. The van der Waals surface area contributed by atoms with E-state index < -0.39 is 0 Å². The summed E-state index contributed by atoms with van der Waals surface area (Å²) in [7, 11) is 0. The van der Waals surface area contributed by atoms with Crippen LogP contribution in [0.25, 0.3) is 0 Å². The quantitative estimate of drug-likeness (QED) is 0.800. The van der Waals surface area contributed by atoms with Crippen molar-refractivity contribution in [1.29, 1.82) is 0 Å². The van der Waals surface area contributed by atoms with Gasteiger partial charge in [0.2, 0.25) is 5.91 Å². The maximum Gasteiger partial charge on any atom is 0.241 e. The minimum absolute atomic E-state index is 0.0231. The van der Waals surface area contributed by atoms with Crippen molar-refractivity contribution in [1.82, 2.24) is 10.2 Å². The van der Waals surface area contributed by atoms with Gasteiger partial charge in [0.1, 0.15) is 0 Å². The summed E-state index contributed by atoms with van der Waals surface area (Å²) in [4.78, 5) is 14.2. The van der Waals surface area contributed by atoms with Gasteiger partial charge in [-0.15, -0.1) is 0 Å². The van der Waals surface area contributed by atoms with Crippen molar-refractivity contribution in [2.24, 2.45) is 23.7 Å². The molecule has 0 bridgehead atoms. The minimum Gasteiger partial charge on any atom is -0.328 e. The van der Waals surface area contributed by atoms with Crippen LogP contribution in [0.15, 0.2) is 0 Å². The van der Waals surface area contributed by atoms with Gasteiger partial charge in [0.05, 0.1) is 12.7 Å². The molecule has 1 saturated heterocycles. The molecule has 1 N–H and O–H groups in total. The Balaban J connectivity index is 2.61. The number of rotatable bonds is 5. The lowest BCUT2D eigenvalue weighted by Gasteiger charge is -2.29. The lowest BCUT2D eigenvalue weighted by molar-refractivity contribution is -0.130. The van der Waals surface area contributed by atoms with Crippen molar-refractivity contribution in [3.63, 3.8) is 0 Å². The summed E-state index contributed by atoms with van der Waals surface area (Å²) in [6.45, 7) is 14.8. The van der Waals surface area contributed by atoms with Crippen molar-refractivity contribution in [3.05, 3.63) is 0 Å². The van der Waals surface area contributed by atoms with E-state index in [-0.39, 0.29) is 11.9 Å². The molecular weight excluding hydrogens is 212 g/mol. The zero-order valence-corrected chi connectivity index (χ0v) is 12.2. The first kappa shape index (κ1) is 14.5. The van der Waals surface area contributed by atoms with Gasteiger partial charge in [-0.1, -0.05) is 41.5 Å². The highest BCUT2D eigenvalue weighted by Crippen LogP contribution is 2.23. The molecule has 17 heavy (non-hydrogen) atoms. The van der Waals surface area contributed by atoms with E-state index in [2.05, 4.69) is 46.9 Å². The lowest BCUT2D eigenvalue weighted by atomic mass is 9.85. The topological polar surface area (TPSA) is 32.3 Å². The fourth-order valence-corrected chi connectivity index (χ4v) is 2.69. The highest BCUT2D eigenvalue weighted by Gasteiger charge is 2.34. The molecule has 1 rings (SSSR count). The molecule has 0 aromatic carbocycles. The maximum absolute atomic E-state index is 12.2. The average Bonchev–Trinajstić information content (AvgIpc) is 2.55. The zero-order chi connectivity index (χ0) is 13.2. The number of nitrogens with zero attached hydrogens (tertiary/aromatic N) is 1. The second-order valence-corrected chi connectivity index (χ2v) is 6.30. The van der Waals surface area contributed by atoms with E-state index in [0.29, 0.717) is 23.7 Å². The predicted octanol–water partition coefficient (Wildman–Crippen LogP) is 2.33. The highest BCUT2D eigenvalue weighted by atomic mass is 16.2. The fourth-order valence-electron chi connectivity index (χ4n) is 2.69. The molecule has 0 aromatic rings. The van der Waals surface area contributed by atoms with Crippen molar-refractivity contribution in [2.75, 3.05) is 13.2 Å². The van der Waals surface area contributed by atoms with Crippen LogP contribution < -0.4 is 5.32 Å². The number of nitrogens with one attached hydrogen (secondary N) is 1. The molecule has 0 aromatic heterocycles. The maximum atomic E-state index is 12.2. The van der Waals surface area contributed by atoms with Gasteiger partial charge >= 0.3 is 0 Å². The third-order valence-corrected chi connectivity index (χ3v) is 3.89. The van der Waals surface area contributed by atoms with Gasteiger partial charge in [0, 0.05) is 6.54 Å². The fraction of sp³-hybridized carbons (Fsp3) is 0.929. The van der Waals surface area contributed by atoms with E-state index in [0.717, 1.165) is 13.2 Å². The molecule has 0 radical (unpaired) electrons. The van der Waals surface area contributed by atoms with Crippen LogP contribution in [0, 0.1) is 23.7 Å². The monoisotopic (exact) mass is 240 g/mol. The van der Waals surface area contributed by atoms with Crippen LogP contribution in [-0.2, 0) is 4.79 Å². The van der Waals surface area contributed by atoms with Crippen LogP contribution in [0.5, 0.6) is 0 Å². The molecular formula is C14H28N2O. The second kappa shape index (κ2) is 5.85. The molecule has 1 amide bonds. The van der Waals surface area contributed by atoms with E-state index in [1.807, 2.05) is 4.90 Å². The summed E-state index contributed by atoms with van der Waals surface area (Å²) in [5.74, 6) is 2.50. The van der Waals surface area contributed by atoms with Crippen LogP contribution >= 0.6 is 0 Å². The van der Waals surface area contributed by atoms with Crippen molar-refractivity contribution >= 4 is 5.91 Å². The Morgan fingerprint density at radius 2 is 1.71 bits per heavy atom. The van der Waals surface area contributed by atoms with Gasteiger partial charge < -0.3 is 4.90 Å². The first-order valence-electron chi connectivity index (χ1n) is 6.86. The first-order valence-corrected chi connectivity index (χ1v) is 6.86. The van der Waals surface area contributed by atoms with Crippen LogP contribution in [0.1, 0.15) is 41.5 Å². The number of carbonyl (C=O) groups excluding carboxylic acids is 1. The SMILES string of the molecule is CC(C)C1NCN(CC(C(C)C)C(C)C)C1=O. The average molecular weight is 240 g/mol. The van der Waals surface area contributed by atoms with Crippen molar-refractivity contribution in [3.8, 4) is 0 Å². The van der Waals surface area contributed by atoms with Gasteiger partial charge in [-0.3, -0.25) is 10.1 Å². The Hall–Kier alpha value is -0.570. The van der Waals surface area contributed by atoms with E-state index in [1.165, 1.54) is 0 Å². The van der Waals surface area contributed by atoms with E-state index in [4.69, 9.17) is 0 Å². The molecule has 1 aliphatic rings. The third kappa shape index (κ3) is 3.44. The smallest absolute Gasteiger partial charge is 0.241 e. The molecule has 3 nitrogen and oxygen atoms in total. The van der Waals surface area contributed by atoms with Crippen LogP contribution in [-0.4, -0.2) is 30.1 Å². The standard InChI is InChI=1S/C14H28N2O/c1-9(2)12(10(3)4)7-16-8-15-13(11(5)6)14(16)17/h9-13,15H,7-8H2,1-6H3. The molecule has 0 saturated carbocycles. The van der Waals surface area contributed by atoms with Gasteiger partial charge in [-0.25, -0.2) is 0 Å². The number of amides is 1. The number of carbonyl (C=O) groups is 1. The van der Waals surface area contributed by atoms with Gasteiger partial charge in [-0.2, -0.15) is 0 Å². The van der Waals surface area contributed by atoms with Gasteiger partial charge in [0.25, 0.3) is 0 Å². The molecule has 3 heteroatoms. The summed E-state index contributed by atoms with van der Waals surface area (Å²) >= 11 is 0. The molecule has 1 fully saturated rings. The Bertz CT molecular complexity index is 253. The molecule has 1 heterocycles. The summed E-state index contributed by atoms with van der Waals surface area (Å²) in [5.41, 5.74) is 0. The second-order valence-electron chi connectivity index (χ2n) is 6.30. The van der Waals surface area contributed by atoms with Crippen LogP contribution in [0.2, 0.25) is 0 Å². The predicted molar refractivity (Wildman–Crippen MR) is 71.5 cm³/mol. The Morgan fingerprint density at radius 1 is 1.18 bits per heavy atom. The van der Waals surface area contributed by atoms with E-state index in [1.54, 1.807) is 0 Å².